The Morgan fingerprint density at radius 1 is 1.11 bits per heavy atom. The van der Waals surface area contributed by atoms with Crippen molar-refractivity contribution >= 4 is 27.4 Å². The van der Waals surface area contributed by atoms with Crippen LogP contribution in [-0.4, -0.2) is 41.4 Å². The number of hydrogen-bond donors (Lipinski definition) is 1. The number of methoxy groups -OCH3 is 1. The van der Waals surface area contributed by atoms with Crippen LogP contribution in [0.4, 0.5) is 0 Å². The highest BCUT2D eigenvalue weighted by Crippen LogP contribution is 2.36. The Morgan fingerprint density at radius 2 is 1.97 bits per heavy atom. The van der Waals surface area contributed by atoms with Crippen molar-refractivity contribution in [2.45, 2.75) is 32.8 Å². The average Bonchev–Trinajstić information content (AvgIpc) is 3.30. The van der Waals surface area contributed by atoms with Crippen molar-refractivity contribution in [2.24, 2.45) is 0 Å². The van der Waals surface area contributed by atoms with Crippen molar-refractivity contribution in [1.82, 2.24) is 9.97 Å². The van der Waals surface area contributed by atoms with E-state index in [1.807, 2.05) is 25.1 Å². The number of hydrogen-bond acceptors (Lipinski definition) is 7. The molecule has 8 heteroatoms. The van der Waals surface area contributed by atoms with E-state index in [4.69, 9.17) is 19.3 Å². The van der Waals surface area contributed by atoms with E-state index in [0.717, 1.165) is 39.1 Å². The number of carboxylic acid groups (broad SMARTS) is 1. The smallest absolute Gasteiger partial charge is 0.304 e. The maximum atomic E-state index is 11.1. The molecule has 37 heavy (non-hydrogen) atoms. The van der Waals surface area contributed by atoms with Crippen LogP contribution in [0.25, 0.3) is 21.3 Å². The zero-order valence-electron chi connectivity index (χ0n) is 21.0. The van der Waals surface area contributed by atoms with Gasteiger partial charge in [0.2, 0.25) is 5.88 Å². The van der Waals surface area contributed by atoms with Gasteiger partial charge in [-0.3, -0.25) is 9.78 Å². The third-order valence-corrected chi connectivity index (χ3v) is 6.71. The predicted molar refractivity (Wildman–Crippen MR) is 144 cm³/mol. The van der Waals surface area contributed by atoms with Crippen molar-refractivity contribution in [3.63, 3.8) is 0 Å². The highest BCUT2D eigenvalue weighted by molar-refractivity contribution is 7.17. The lowest BCUT2D eigenvalue weighted by atomic mass is 9.98. The second-order valence-electron chi connectivity index (χ2n) is 8.42. The molecule has 0 saturated carbocycles. The number of carboxylic acids is 1. The fourth-order valence-electron chi connectivity index (χ4n) is 3.94. The molecule has 1 aromatic carbocycles. The van der Waals surface area contributed by atoms with Gasteiger partial charge >= 0.3 is 5.97 Å². The molecule has 0 spiro atoms. The number of ether oxygens (including phenoxy) is 3. The maximum Gasteiger partial charge on any atom is 0.304 e. The number of benzene rings is 1. The third-order valence-electron chi connectivity index (χ3n) is 5.75. The van der Waals surface area contributed by atoms with E-state index < -0.39 is 11.9 Å². The van der Waals surface area contributed by atoms with E-state index in [9.17, 15) is 4.79 Å². The summed E-state index contributed by atoms with van der Waals surface area (Å²) < 4.78 is 17.8. The molecule has 0 aliphatic heterocycles. The van der Waals surface area contributed by atoms with Gasteiger partial charge in [0.1, 0.15) is 19.0 Å². The molecule has 0 fully saturated rings. The van der Waals surface area contributed by atoms with Crippen molar-refractivity contribution in [3.05, 3.63) is 70.9 Å². The molecule has 0 bridgehead atoms. The van der Waals surface area contributed by atoms with Gasteiger partial charge in [-0.15, -0.1) is 17.3 Å². The van der Waals surface area contributed by atoms with E-state index >= 15 is 0 Å². The molecule has 7 nitrogen and oxygen atoms in total. The highest BCUT2D eigenvalue weighted by Gasteiger charge is 2.15. The molecule has 4 rings (SSSR count). The van der Waals surface area contributed by atoms with Crippen molar-refractivity contribution in [2.75, 3.05) is 20.3 Å². The van der Waals surface area contributed by atoms with Crippen LogP contribution in [0.3, 0.4) is 0 Å². The fraction of sp³-hybridized carbons (Fsp3) is 0.276. The van der Waals surface area contributed by atoms with Crippen LogP contribution in [0.15, 0.2) is 54.2 Å². The van der Waals surface area contributed by atoms with Crippen LogP contribution in [-0.2, 0) is 16.1 Å². The monoisotopic (exact) mass is 516 g/mol. The van der Waals surface area contributed by atoms with Gasteiger partial charge < -0.3 is 19.3 Å². The Hall–Kier alpha value is -3.93. The SMILES string of the molecule is CC#C[C@@H](CC(=O)O)c1ccc(OCc2ccc3scc(-c4ncc(OCCOC)cc4C)c3c2)nc1. The normalized spacial score (nSPS) is 11.5. The van der Waals surface area contributed by atoms with Crippen molar-refractivity contribution in [3.8, 4) is 34.7 Å². The number of carbonyl (C=O) groups is 1. The molecule has 0 unspecified atom stereocenters. The molecule has 1 N–H and O–H groups in total. The van der Waals surface area contributed by atoms with E-state index in [-0.39, 0.29) is 6.42 Å². The zero-order chi connectivity index (χ0) is 26.2. The molecule has 3 aromatic heterocycles. The number of thiophene rings is 1. The van der Waals surface area contributed by atoms with Crippen LogP contribution in [0.2, 0.25) is 0 Å². The van der Waals surface area contributed by atoms with Crippen molar-refractivity contribution in [1.29, 1.82) is 0 Å². The largest absolute Gasteiger partial charge is 0.490 e. The second-order valence-corrected chi connectivity index (χ2v) is 9.33. The van der Waals surface area contributed by atoms with Gasteiger partial charge in [0.15, 0.2) is 0 Å². The van der Waals surface area contributed by atoms with Crippen LogP contribution >= 0.6 is 11.3 Å². The van der Waals surface area contributed by atoms with Crippen LogP contribution in [0.5, 0.6) is 11.6 Å². The van der Waals surface area contributed by atoms with E-state index in [2.05, 4.69) is 39.3 Å². The van der Waals surface area contributed by atoms with Crippen LogP contribution in [0, 0.1) is 18.8 Å². The summed E-state index contributed by atoms with van der Waals surface area (Å²) in [7, 11) is 1.65. The summed E-state index contributed by atoms with van der Waals surface area (Å²) in [6.07, 6.45) is 3.31. The summed E-state index contributed by atoms with van der Waals surface area (Å²) in [6.45, 7) is 5.09. The van der Waals surface area contributed by atoms with E-state index in [1.54, 1.807) is 43.8 Å². The van der Waals surface area contributed by atoms with Gasteiger partial charge in [-0.05, 0) is 48.7 Å². The summed E-state index contributed by atoms with van der Waals surface area (Å²) in [5, 5.41) is 12.4. The fourth-order valence-corrected chi connectivity index (χ4v) is 4.87. The lowest BCUT2D eigenvalue weighted by molar-refractivity contribution is -0.137. The zero-order valence-corrected chi connectivity index (χ0v) is 21.8. The van der Waals surface area contributed by atoms with Gasteiger partial charge in [-0.2, -0.15) is 0 Å². The molecule has 0 aliphatic carbocycles. The summed E-state index contributed by atoms with van der Waals surface area (Å²) in [5.41, 5.74) is 4.80. The van der Waals surface area contributed by atoms with E-state index in [1.165, 1.54) is 4.70 Å². The van der Waals surface area contributed by atoms with Crippen LogP contribution < -0.4 is 9.47 Å². The Morgan fingerprint density at radius 3 is 2.68 bits per heavy atom. The van der Waals surface area contributed by atoms with Gasteiger partial charge in [-0.25, -0.2) is 4.98 Å². The second kappa shape index (κ2) is 12.3. The first-order valence-electron chi connectivity index (χ1n) is 11.8. The lowest BCUT2D eigenvalue weighted by Crippen LogP contribution is -2.05. The summed E-state index contributed by atoms with van der Waals surface area (Å²) in [6, 6.07) is 11.8. The molecule has 3 heterocycles. The standard InChI is InChI=1S/C29H28N2O5S/c1-4-5-21(14-28(32)33)22-7-9-27(30-15-22)36-17-20-6-8-26-24(13-20)25(18-37-26)29-19(2)12-23(16-31-29)35-11-10-34-3/h6-9,12-13,15-16,18,21H,10-11,14,17H2,1-3H3,(H,32,33)/t21-/m0/s1. The number of aromatic nitrogens is 2. The van der Waals surface area contributed by atoms with Gasteiger partial charge in [0, 0.05) is 40.4 Å². The minimum Gasteiger partial charge on any atom is -0.490 e. The topological polar surface area (TPSA) is 90.8 Å². The Bertz CT molecular complexity index is 1440. The number of aliphatic carboxylic acids is 1. The Balaban J connectivity index is 1.48. The predicted octanol–water partition coefficient (Wildman–Crippen LogP) is 5.85. The average molecular weight is 517 g/mol. The minimum atomic E-state index is -0.895. The first kappa shape index (κ1) is 26.1. The van der Waals surface area contributed by atoms with Crippen molar-refractivity contribution < 1.29 is 24.1 Å². The first-order chi connectivity index (χ1) is 18.0. The molecule has 0 radical (unpaired) electrons. The molecule has 0 amide bonds. The number of aryl methyl sites for hydroxylation is 1. The summed E-state index contributed by atoms with van der Waals surface area (Å²) in [5.74, 6) is 5.62. The number of rotatable bonds is 11. The Labute approximate surface area is 220 Å². The number of nitrogens with zero attached hydrogens (tertiary/aromatic N) is 2. The summed E-state index contributed by atoms with van der Waals surface area (Å²) in [4.78, 5) is 20.2. The van der Waals surface area contributed by atoms with Gasteiger partial charge in [-0.1, -0.05) is 18.1 Å². The first-order valence-corrected chi connectivity index (χ1v) is 12.7. The lowest BCUT2D eigenvalue weighted by Gasteiger charge is -2.11. The molecule has 1 atom stereocenters. The maximum absolute atomic E-state index is 11.1. The molecule has 4 aromatic rings. The van der Waals surface area contributed by atoms with Gasteiger partial charge in [0.25, 0.3) is 0 Å². The number of fused-ring (bicyclic) bond motifs is 1. The molecule has 190 valence electrons. The quantitative estimate of drug-likeness (QED) is 0.197. The summed E-state index contributed by atoms with van der Waals surface area (Å²) >= 11 is 1.68. The van der Waals surface area contributed by atoms with Crippen LogP contribution in [0.1, 0.15) is 36.0 Å². The highest BCUT2D eigenvalue weighted by atomic mass is 32.1. The Kier molecular flexibility index (Phi) is 8.72. The van der Waals surface area contributed by atoms with Gasteiger partial charge in [0.05, 0.1) is 30.8 Å². The molecular formula is C29H28N2O5S. The molecular weight excluding hydrogens is 488 g/mol. The van der Waals surface area contributed by atoms with E-state index in [0.29, 0.717) is 25.7 Å². The molecule has 0 saturated heterocycles. The minimum absolute atomic E-state index is 0.0659. The third kappa shape index (κ3) is 6.64. The number of pyridine rings is 2. The molecule has 0 aliphatic rings.